The Hall–Kier alpha value is -2.28. The van der Waals surface area contributed by atoms with Crippen molar-refractivity contribution in [3.8, 4) is 11.4 Å². The molecule has 0 atom stereocenters. The first-order chi connectivity index (χ1) is 10.9. The number of nitrogens with zero attached hydrogens (tertiary/aromatic N) is 2. The summed E-state index contributed by atoms with van der Waals surface area (Å²) in [7, 11) is 0. The van der Waals surface area contributed by atoms with Crippen molar-refractivity contribution in [2.45, 2.75) is 22.9 Å². The lowest BCUT2D eigenvalue weighted by Gasteiger charge is -2.05. The van der Waals surface area contributed by atoms with Gasteiger partial charge in [-0.3, -0.25) is 0 Å². The molecular weight excluding hydrogens is 325 g/mol. The van der Waals surface area contributed by atoms with Gasteiger partial charge in [-0.1, -0.05) is 47.3 Å². The molecule has 0 aliphatic heterocycles. The van der Waals surface area contributed by atoms with E-state index in [4.69, 9.17) is 0 Å². The molecule has 0 radical (unpaired) electrons. The van der Waals surface area contributed by atoms with E-state index in [2.05, 4.69) is 14.7 Å². The number of benzene rings is 2. The second-order valence-electron chi connectivity index (χ2n) is 4.82. The fraction of sp³-hybridized carbons (Fsp3) is 0.125. The van der Waals surface area contributed by atoms with E-state index in [-0.39, 0.29) is 5.82 Å². The zero-order chi connectivity index (χ0) is 16.4. The molecule has 0 N–H and O–H groups in total. The maximum absolute atomic E-state index is 12.5. The Morgan fingerprint density at radius 1 is 1.04 bits per heavy atom. The Balaban J connectivity index is 1.88. The third-order valence-electron chi connectivity index (χ3n) is 3.08. The molecule has 0 saturated heterocycles. The smallest absolute Gasteiger partial charge is 0.329 e. The first-order valence-corrected chi connectivity index (χ1v) is 7.50. The quantitative estimate of drug-likeness (QED) is 0.658. The van der Waals surface area contributed by atoms with Crippen molar-refractivity contribution < 1.29 is 17.7 Å². The van der Waals surface area contributed by atoms with Gasteiger partial charge in [-0.2, -0.15) is 18.2 Å². The normalized spacial score (nSPS) is 11.7. The summed E-state index contributed by atoms with van der Waals surface area (Å²) in [6.45, 7) is 2.00. The molecule has 2 aromatic carbocycles. The Morgan fingerprint density at radius 3 is 2.52 bits per heavy atom. The Kier molecular flexibility index (Phi) is 4.12. The van der Waals surface area contributed by atoms with Crippen LogP contribution in [-0.4, -0.2) is 10.1 Å². The summed E-state index contributed by atoms with van der Waals surface area (Å²) in [5, 5.41) is 3.40. The predicted octanol–water partition coefficient (Wildman–Crippen LogP) is 5.22. The molecule has 3 nitrogen and oxygen atoms in total. The van der Waals surface area contributed by atoms with Crippen molar-refractivity contribution >= 4 is 11.8 Å². The van der Waals surface area contributed by atoms with Gasteiger partial charge in [-0.05, 0) is 30.7 Å². The molecular formula is C16H11F3N2OS. The van der Waals surface area contributed by atoms with E-state index >= 15 is 0 Å². The van der Waals surface area contributed by atoms with Gasteiger partial charge in [-0.25, -0.2) is 0 Å². The number of halogens is 3. The van der Waals surface area contributed by atoms with E-state index in [0.29, 0.717) is 5.56 Å². The van der Waals surface area contributed by atoms with Crippen LogP contribution in [0.4, 0.5) is 13.2 Å². The molecule has 23 heavy (non-hydrogen) atoms. The van der Waals surface area contributed by atoms with E-state index in [1.165, 1.54) is 11.8 Å². The Morgan fingerprint density at radius 2 is 1.83 bits per heavy atom. The molecule has 1 aromatic heterocycles. The summed E-state index contributed by atoms with van der Waals surface area (Å²) >= 11 is 1.53. The van der Waals surface area contributed by atoms with Gasteiger partial charge in [0.25, 0.3) is 0 Å². The van der Waals surface area contributed by atoms with Crippen LogP contribution in [0.1, 0.15) is 11.5 Å². The molecule has 0 saturated carbocycles. The Bertz CT molecular complexity index is 830. The van der Waals surface area contributed by atoms with Crippen molar-refractivity contribution in [3.63, 3.8) is 0 Å². The molecule has 7 heteroatoms. The fourth-order valence-electron chi connectivity index (χ4n) is 1.95. The van der Waals surface area contributed by atoms with Crippen LogP contribution >= 0.6 is 11.8 Å². The molecule has 0 unspecified atom stereocenters. The molecule has 3 aromatic rings. The van der Waals surface area contributed by atoms with Crippen LogP contribution in [0, 0.1) is 6.92 Å². The molecule has 0 spiro atoms. The standard InChI is InChI=1S/C16H11F3N2OS/c1-10-5-2-3-8-13(10)23-12-7-4-6-11(9-12)14-20-15(22-21-14)16(17,18)19/h2-9H,1H3. The van der Waals surface area contributed by atoms with E-state index in [0.717, 1.165) is 15.4 Å². The minimum absolute atomic E-state index is 0.0791. The first-order valence-electron chi connectivity index (χ1n) is 6.68. The number of hydrogen-bond donors (Lipinski definition) is 0. The van der Waals surface area contributed by atoms with E-state index in [1.807, 2.05) is 37.3 Å². The zero-order valence-electron chi connectivity index (χ0n) is 12.0. The average Bonchev–Trinajstić information content (AvgIpc) is 3.00. The minimum Gasteiger partial charge on any atom is -0.329 e. The van der Waals surface area contributed by atoms with Crippen LogP contribution in [0.5, 0.6) is 0 Å². The Labute approximate surface area is 134 Å². The fourth-order valence-corrected chi connectivity index (χ4v) is 2.91. The number of hydrogen-bond acceptors (Lipinski definition) is 4. The number of aromatic nitrogens is 2. The maximum atomic E-state index is 12.5. The van der Waals surface area contributed by atoms with E-state index < -0.39 is 12.1 Å². The minimum atomic E-state index is -4.64. The summed E-state index contributed by atoms with van der Waals surface area (Å²) in [4.78, 5) is 5.37. The van der Waals surface area contributed by atoms with Gasteiger partial charge < -0.3 is 4.52 Å². The van der Waals surface area contributed by atoms with Gasteiger partial charge in [-0.15, -0.1) is 0 Å². The van der Waals surface area contributed by atoms with Crippen LogP contribution in [0.3, 0.4) is 0 Å². The molecule has 1 heterocycles. The third kappa shape index (κ3) is 3.56. The van der Waals surface area contributed by atoms with Crippen LogP contribution < -0.4 is 0 Å². The summed E-state index contributed by atoms with van der Waals surface area (Å²) in [5.41, 5.74) is 1.60. The van der Waals surface area contributed by atoms with Gasteiger partial charge in [0.2, 0.25) is 5.82 Å². The van der Waals surface area contributed by atoms with Crippen molar-refractivity contribution in [1.82, 2.24) is 10.1 Å². The van der Waals surface area contributed by atoms with Gasteiger partial charge in [0.05, 0.1) is 0 Å². The van der Waals surface area contributed by atoms with Crippen LogP contribution in [0.25, 0.3) is 11.4 Å². The lowest BCUT2D eigenvalue weighted by atomic mass is 10.2. The van der Waals surface area contributed by atoms with Crippen molar-refractivity contribution in [2.24, 2.45) is 0 Å². The monoisotopic (exact) mass is 336 g/mol. The van der Waals surface area contributed by atoms with Crippen molar-refractivity contribution in [2.75, 3.05) is 0 Å². The first kappa shape index (κ1) is 15.6. The second-order valence-corrected chi connectivity index (χ2v) is 5.93. The predicted molar refractivity (Wildman–Crippen MR) is 80.0 cm³/mol. The zero-order valence-corrected chi connectivity index (χ0v) is 12.8. The molecule has 3 rings (SSSR count). The van der Waals surface area contributed by atoms with Crippen molar-refractivity contribution in [3.05, 3.63) is 60.0 Å². The largest absolute Gasteiger partial charge is 0.471 e. The highest BCUT2D eigenvalue weighted by Gasteiger charge is 2.38. The lowest BCUT2D eigenvalue weighted by Crippen LogP contribution is -2.04. The SMILES string of the molecule is Cc1ccccc1Sc1cccc(-c2noc(C(F)(F)F)n2)c1. The molecule has 0 aliphatic rings. The van der Waals surface area contributed by atoms with Gasteiger partial charge in [0, 0.05) is 15.4 Å². The van der Waals surface area contributed by atoms with Gasteiger partial charge in [0.15, 0.2) is 0 Å². The van der Waals surface area contributed by atoms with Crippen LogP contribution in [0.2, 0.25) is 0 Å². The molecule has 118 valence electrons. The van der Waals surface area contributed by atoms with Crippen LogP contribution in [0.15, 0.2) is 62.8 Å². The lowest BCUT2D eigenvalue weighted by molar-refractivity contribution is -0.159. The van der Waals surface area contributed by atoms with E-state index in [9.17, 15) is 13.2 Å². The second kappa shape index (κ2) is 6.08. The van der Waals surface area contributed by atoms with Gasteiger partial charge >= 0.3 is 12.1 Å². The number of aryl methyl sites for hydroxylation is 1. The number of rotatable bonds is 3. The summed E-state index contributed by atoms with van der Waals surface area (Å²) in [6.07, 6.45) is -4.64. The van der Waals surface area contributed by atoms with Gasteiger partial charge in [0.1, 0.15) is 0 Å². The topological polar surface area (TPSA) is 38.9 Å². The summed E-state index contributed by atoms with van der Waals surface area (Å²) in [5.74, 6) is -1.42. The highest BCUT2D eigenvalue weighted by atomic mass is 32.2. The molecule has 0 aliphatic carbocycles. The summed E-state index contributed by atoms with van der Waals surface area (Å²) < 4.78 is 41.9. The highest BCUT2D eigenvalue weighted by Crippen LogP contribution is 2.33. The average molecular weight is 336 g/mol. The summed E-state index contributed by atoms with van der Waals surface area (Å²) in [6, 6.07) is 14.9. The third-order valence-corrected chi connectivity index (χ3v) is 4.25. The maximum Gasteiger partial charge on any atom is 0.471 e. The molecule has 0 bridgehead atoms. The van der Waals surface area contributed by atoms with Crippen molar-refractivity contribution in [1.29, 1.82) is 0 Å². The van der Waals surface area contributed by atoms with Crippen LogP contribution in [-0.2, 0) is 6.18 Å². The van der Waals surface area contributed by atoms with E-state index in [1.54, 1.807) is 18.2 Å². The molecule has 0 amide bonds. The molecule has 0 fully saturated rings. The highest BCUT2D eigenvalue weighted by molar-refractivity contribution is 7.99. The number of alkyl halides is 3.